The lowest BCUT2D eigenvalue weighted by molar-refractivity contribution is -0.129. The normalized spacial score (nSPS) is 16.0. The van der Waals surface area contributed by atoms with Gasteiger partial charge in [0.15, 0.2) is 5.16 Å². The highest BCUT2D eigenvalue weighted by molar-refractivity contribution is 7.99. The molecule has 162 valence electrons. The molecule has 4 aromatic rings. The third kappa shape index (κ3) is 4.23. The number of carbonyl (C=O) groups excluding carboxylic acids is 1. The Morgan fingerprint density at radius 1 is 1.06 bits per heavy atom. The number of nitrogens with zero attached hydrogens (tertiary/aromatic N) is 3. The summed E-state index contributed by atoms with van der Waals surface area (Å²) < 4.78 is 1.69. The van der Waals surface area contributed by atoms with Gasteiger partial charge in [0.05, 0.1) is 29.2 Å². The van der Waals surface area contributed by atoms with Crippen LogP contribution in [0.4, 0.5) is 0 Å². The summed E-state index contributed by atoms with van der Waals surface area (Å²) in [5.74, 6) is 0.362. The Morgan fingerprint density at radius 3 is 2.69 bits per heavy atom. The summed E-state index contributed by atoms with van der Waals surface area (Å²) in [5, 5.41) is 3.24. The minimum Gasteiger partial charge on any atom is -0.334 e. The van der Waals surface area contributed by atoms with Crippen molar-refractivity contribution in [1.82, 2.24) is 14.5 Å². The summed E-state index contributed by atoms with van der Waals surface area (Å²) in [6.45, 7) is 1.21. The Hall–Kier alpha value is -2.90. The van der Waals surface area contributed by atoms with E-state index >= 15 is 0 Å². The Balaban J connectivity index is 1.42. The van der Waals surface area contributed by atoms with Gasteiger partial charge < -0.3 is 4.90 Å². The first kappa shape index (κ1) is 21.0. The number of para-hydroxylation sites is 1. The average Bonchev–Trinajstić information content (AvgIpc) is 3.52. The van der Waals surface area contributed by atoms with E-state index in [1.165, 1.54) is 16.6 Å². The van der Waals surface area contributed by atoms with E-state index in [0.717, 1.165) is 24.9 Å². The van der Waals surface area contributed by atoms with Crippen molar-refractivity contribution in [3.63, 3.8) is 0 Å². The highest BCUT2D eigenvalue weighted by atomic mass is 32.2. The molecule has 0 aliphatic carbocycles. The maximum Gasteiger partial charge on any atom is 0.262 e. The van der Waals surface area contributed by atoms with Crippen LogP contribution in [0.1, 0.15) is 29.3 Å². The second kappa shape index (κ2) is 9.30. The summed E-state index contributed by atoms with van der Waals surface area (Å²) in [7, 11) is 0. The van der Waals surface area contributed by atoms with Gasteiger partial charge in [0.1, 0.15) is 0 Å². The standard InChI is InChI=1S/C25H23N3O2S2/c29-23(27-14-6-12-21(27)22-13-7-15-31-22)17-32-25-26-20-11-5-4-10-19(20)24(30)28(25)16-18-8-2-1-3-9-18/h1-5,7-11,13,15,21H,6,12,14,16-17H2. The number of thiophene rings is 1. The maximum atomic E-state index is 13.3. The summed E-state index contributed by atoms with van der Waals surface area (Å²) in [6.07, 6.45) is 2.02. The van der Waals surface area contributed by atoms with Gasteiger partial charge in [-0.1, -0.05) is 60.3 Å². The van der Waals surface area contributed by atoms with Crippen molar-refractivity contribution in [2.45, 2.75) is 30.6 Å². The third-order valence-corrected chi connectivity index (χ3v) is 7.71. The Kier molecular flexibility index (Phi) is 6.10. The van der Waals surface area contributed by atoms with E-state index in [9.17, 15) is 9.59 Å². The van der Waals surface area contributed by atoms with Crippen molar-refractivity contribution in [2.75, 3.05) is 12.3 Å². The first-order chi connectivity index (χ1) is 15.7. The minimum atomic E-state index is -0.0768. The number of hydrogen-bond donors (Lipinski definition) is 0. The molecule has 1 amide bonds. The number of hydrogen-bond acceptors (Lipinski definition) is 5. The molecule has 1 fully saturated rings. The average molecular weight is 462 g/mol. The molecule has 2 aromatic carbocycles. The predicted molar refractivity (Wildman–Crippen MR) is 130 cm³/mol. The number of carbonyl (C=O) groups is 1. The number of likely N-dealkylation sites (tertiary alicyclic amines) is 1. The van der Waals surface area contributed by atoms with Gasteiger partial charge in [-0.25, -0.2) is 4.98 Å². The number of thioether (sulfide) groups is 1. The van der Waals surface area contributed by atoms with E-state index in [2.05, 4.69) is 11.4 Å². The van der Waals surface area contributed by atoms with E-state index in [4.69, 9.17) is 4.98 Å². The number of amides is 1. The Labute approximate surface area is 194 Å². The maximum absolute atomic E-state index is 13.3. The van der Waals surface area contributed by atoms with Crippen LogP contribution in [-0.2, 0) is 11.3 Å². The van der Waals surface area contributed by atoms with Gasteiger partial charge >= 0.3 is 0 Å². The van der Waals surface area contributed by atoms with Crippen molar-refractivity contribution in [3.05, 3.63) is 92.9 Å². The smallest absolute Gasteiger partial charge is 0.262 e. The van der Waals surface area contributed by atoms with E-state index in [1.807, 2.05) is 65.6 Å². The molecule has 1 saturated heterocycles. The van der Waals surface area contributed by atoms with Gasteiger partial charge in [0.25, 0.3) is 5.56 Å². The molecular formula is C25H23N3O2S2. The lowest BCUT2D eigenvalue weighted by atomic mass is 10.2. The van der Waals surface area contributed by atoms with E-state index in [-0.39, 0.29) is 23.3 Å². The molecule has 5 nitrogen and oxygen atoms in total. The van der Waals surface area contributed by atoms with Crippen molar-refractivity contribution in [2.24, 2.45) is 0 Å². The summed E-state index contributed by atoms with van der Waals surface area (Å²) in [5.41, 5.74) is 1.61. The number of rotatable bonds is 6. The molecular weight excluding hydrogens is 438 g/mol. The summed E-state index contributed by atoms with van der Waals surface area (Å²) in [6, 6.07) is 21.6. The van der Waals surface area contributed by atoms with Gasteiger partial charge in [-0.15, -0.1) is 11.3 Å². The fraction of sp³-hybridized carbons (Fsp3) is 0.240. The first-order valence-corrected chi connectivity index (χ1v) is 12.6. The number of aromatic nitrogens is 2. The lowest BCUT2D eigenvalue weighted by Gasteiger charge is -2.24. The van der Waals surface area contributed by atoms with Crippen molar-refractivity contribution in [3.8, 4) is 0 Å². The van der Waals surface area contributed by atoms with Gasteiger partial charge in [0, 0.05) is 11.4 Å². The monoisotopic (exact) mass is 461 g/mol. The molecule has 0 spiro atoms. The van der Waals surface area contributed by atoms with Crippen LogP contribution < -0.4 is 5.56 Å². The predicted octanol–water partition coefficient (Wildman–Crippen LogP) is 4.96. The Morgan fingerprint density at radius 2 is 1.88 bits per heavy atom. The summed E-state index contributed by atoms with van der Waals surface area (Å²) >= 11 is 3.06. The molecule has 3 heterocycles. The number of benzene rings is 2. The van der Waals surface area contributed by atoms with Gasteiger partial charge in [-0.2, -0.15) is 0 Å². The zero-order valence-electron chi connectivity index (χ0n) is 17.5. The van der Waals surface area contributed by atoms with Gasteiger partial charge in [-0.05, 0) is 42.0 Å². The molecule has 1 aliphatic heterocycles. The van der Waals surface area contributed by atoms with Crippen LogP contribution in [-0.4, -0.2) is 32.7 Å². The quantitative estimate of drug-likeness (QED) is 0.301. The fourth-order valence-electron chi connectivity index (χ4n) is 4.21. The van der Waals surface area contributed by atoms with E-state index in [0.29, 0.717) is 22.6 Å². The molecule has 1 aliphatic rings. The van der Waals surface area contributed by atoms with E-state index in [1.54, 1.807) is 15.9 Å². The SMILES string of the molecule is O=C(CSc1nc2ccccc2c(=O)n1Cc1ccccc1)N1CCCC1c1cccs1. The molecule has 5 rings (SSSR count). The third-order valence-electron chi connectivity index (χ3n) is 5.78. The highest BCUT2D eigenvalue weighted by Gasteiger charge is 2.30. The molecule has 2 aromatic heterocycles. The fourth-order valence-corrected chi connectivity index (χ4v) is 5.97. The van der Waals surface area contributed by atoms with Crippen molar-refractivity contribution in [1.29, 1.82) is 0 Å². The van der Waals surface area contributed by atoms with Crippen LogP contribution in [0.3, 0.4) is 0 Å². The van der Waals surface area contributed by atoms with Gasteiger partial charge in [-0.3, -0.25) is 14.2 Å². The Bertz CT molecular complexity index is 1290. The van der Waals surface area contributed by atoms with Crippen molar-refractivity contribution < 1.29 is 4.79 Å². The second-order valence-electron chi connectivity index (χ2n) is 7.84. The lowest BCUT2D eigenvalue weighted by Crippen LogP contribution is -2.32. The number of fused-ring (bicyclic) bond motifs is 1. The molecule has 0 bridgehead atoms. The zero-order valence-corrected chi connectivity index (χ0v) is 19.1. The van der Waals surface area contributed by atoms with Crippen LogP contribution in [0.15, 0.2) is 82.1 Å². The van der Waals surface area contributed by atoms with Crippen LogP contribution >= 0.6 is 23.1 Å². The molecule has 32 heavy (non-hydrogen) atoms. The van der Waals surface area contributed by atoms with Crippen LogP contribution in [0.25, 0.3) is 10.9 Å². The van der Waals surface area contributed by atoms with E-state index < -0.39 is 0 Å². The molecule has 0 radical (unpaired) electrons. The second-order valence-corrected chi connectivity index (χ2v) is 9.76. The molecule has 0 saturated carbocycles. The molecule has 1 atom stereocenters. The summed E-state index contributed by atoms with van der Waals surface area (Å²) in [4.78, 5) is 34.4. The van der Waals surface area contributed by atoms with Gasteiger partial charge in [0.2, 0.25) is 5.91 Å². The largest absolute Gasteiger partial charge is 0.334 e. The molecule has 1 unspecified atom stereocenters. The first-order valence-electron chi connectivity index (χ1n) is 10.7. The zero-order chi connectivity index (χ0) is 21.9. The van der Waals surface area contributed by atoms with Crippen LogP contribution in [0, 0.1) is 0 Å². The molecule has 0 N–H and O–H groups in total. The van der Waals surface area contributed by atoms with Crippen LogP contribution in [0.2, 0.25) is 0 Å². The topological polar surface area (TPSA) is 55.2 Å². The highest BCUT2D eigenvalue weighted by Crippen LogP contribution is 2.35. The minimum absolute atomic E-state index is 0.0768. The molecule has 7 heteroatoms. The van der Waals surface area contributed by atoms with Crippen molar-refractivity contribution >= 4 is 39.9 Å². The van der Waals surface area contributed by atoms with Crippen LogP contribution in [0.5, 0.6) is 0 Å².